The molecule has 0 amide bonds. The van der Waals surface area contributed by atoms with Gasteiger partial charge in [0.2, 0.25) is 0 Å². The van der Waals surface area contributed by atoms with E-state index in [2.05, 4.69) is 23.8 Å². The second-order valence-corrected chi connectivity index (χ2v) is 8.34. The maximum Gasteiger partial charge on any atom is 0.346 e. The summed E-state index contributed by atoms with van der Waals surface area (Å²) in [4.78, 5) is 21.4. The molecule has 0 unspecified atom stereocenters. The quantitative estimate of drug-likeness (QED) is 0.152. The maximum atomic E-state index is 14.4. The molecule has 0 aliphatic carbocycles. The number of unbranched alkanes of at least 4 members (excludes halogenated alkanes) is 5. The average molecular weight is 465 g/mol. The molecule has 0 aliphatic heterocycles. The zero-order chi connectivity index (χ0) is 24.2. The van der Waals surface area contributed by atoms with E-state index in [0.29, 0.717) is 23.9 Å². The third-order valence-corrected chi connectivity index (χ3v) is 5.52. The average Bonchev–Trinajstić information content (AvgIpc) is 2.85. The Morgan fingerprint density at radius 3 is 2.21 bits per heavy atom. The number of ether oxygens (including phenoxy) is 2. The second-order valence-electron chi connectivity index (χ2n) is 8.34. The monoisotopic (exact) mass is 464 g/mol. The molecule has 0 saturated heterocycles. The molecule has 0 bridgehead atoms. The first kappa shape index (κ1) is 25.3. The Labute approximate surface area is 201 Å². The Kier molecular flexibility index (Phi) is 10.0. The van der Waals surface area contributed by atoms with Gasteiger partial charge in [-0.3, -0.25) is 0 Å². The Bertz CT molecular complexity index is 1040. The van der Waals surface area contributed by atoms with Crippen LogP contribution in [0.15, 0.2) is 54.9 Å². The molecule has 34 heavy (non-hydrogen) atoms. The molecule has 0 N–H and O–H groups in total. The van der Waals surface area contributed by atoms with E-state index in [-0.39, 0.29) is 5.56 Å². The molecule has 1 aromatic heterocycles. The van der Waals surface area contributed by atoms with Crippen LogP contribution in [-0.4, -0.2) is 22.5 Å². The van der Waals surface area contributed by atoms with Gasteiger partial charge in [-0.15, -0.1) is 0 Å². The lowest BCUT2D eigenvalue weighted by molar-refractivity contribution is 0.0730. The topological polar surface area (TPSA) is 61.3 Å². The highest BCUT2D eigenvalue weighted by Crippen LogP contribution is 2.22. The predicted octanol–water partition coefficient (Wildman–Crippen LogP) is 7.19. The molecule has 0 radical (unpaired) electrons. The number of nitrogens with zero attached hydrogens (tertiary/aromatic N) is 2. The number of aromatic nitrogens is 2. The fourth-order valence-corrected chi connectivity index (χ4v) is 3.52. The smallest absolute Gasteiger partial charge is 0.346 e. The molecule has 2 aromatic carbocycles. The van der Waals surface area contributed by atoms with Gasteiger partial charge >= 0.3 is 5.97 Å². The Morgan fingerprint density at radius 2 is 1.53 bits per heavy atom. The largest absolute Gasteiger partial charge is 0.493 e. The highest BCUT2D eigenvalue weighted by Gasteiger charge is 2.15. The second kappa shape index (κ2) is 13.4. The Balaban J connectivity index is 1.55. The molecule has 1 heterocycles. The number of esters is 1. The fraction of sp³-hybridized carbons (Fsp3) is 0.393. The van der Waals surface area contributed by atoms with Crippen molar-refractivity contribution in [1.82, 2.24) is 9.97 Å². The molecule has 0 saturated carbocycles. The van der Waals surface area contributed by atoms with Crippen molar-refractivity contribution in [3.05, 3.63) is 71.8 Å². The Morgan fingerprint density at radius 1 is 0.853 bits per heavy atom. The minimum absolute atomic E-state index is 0.136. The van der Waals surface area contributed by atoms with Gasteiger partial charge in [-0.05, 0) is 61.2 Å². The van der Waals surface area contributed by atoms with Crippen molar-refractivity contribution in [2.45, 2.75) is 65.2 Å². The van der Waals surface area contributed by atoms with E-state index in [9.17, 15) is 9.18 Å². The number of aryl methyl sites for hydroxylation is 1. The SMILES string of the molecule is CCCCCCc1cnc(-c2ccc(OC(=O)c3ccc(OCCCCC)cc3F)cc2)nc1. The molecule has 0 spiro atoms. The summed E-state index contributed by atoms with van der Waals surface area (Å²) in [5.74, 6) is -0.0953. The molecular formula is C28H33FN2O3. The zero-order valence-electron chi connectivity index (χ0n) is 20.1. The third kappa shape index (κ3) is 7.65. The number of carbonyl (C=O) groups is 1. The van der Waals surface area contributed by atoms with Crippen LogP contribution in [0.25, 0.3) is 11.4 Å². The number of carbonyl (C=O) groups excluding carboxylic acids is 1. The normalized spacial score (nSPS) is 10.8. The third-order valence-electron chi connectivity index (χ3n) is 5.52. The molecule has 180 valence electrons. The summed E-state index contributed by atoms with van der Waals surface area (Å²) in [6, 6.07) is 11.1. The minimum atomic E-state index is -0.758. The summed E-state index contributed by atoms with van der Waals surface area (Å²) >= 11 is 0. The van der Waals surface area contributed by atoms with E-state index in [4.69, 9.17) is 9.47 Å². The lowest BCUT2D eigenvalue weighted by Crippen LogP contribution is -2.11. The molecule has 3 aromatic rings. The summed E-state index contributed by atoms with van der Waals surface area (Å²) in [6.45, 7) is 4.83. The van der Waals surface area contributed by atoms with Crippen molar-refractivity contribution in [3.63, 3.8) is 0 Å². The van der Waals surface area contributed by atoms with Crippen molar-refractivity contribution < 1.29 is 18.7 Å². The molecule has 0 aliphatic rings. The highest BCUT2D eigenvalue weighted by atomic mass is 19.1. The van der Waals surface area contributed by atoms with Crippen molar-refractivity contribution in [3.8, 4) is 22.9 Å². The highest BCUT2D eigenvalue weighted by molar-refractivity contribution is 5.91. The number of halogens is 1. The van der Waals surface area contributed by atoms with Gasteiger partial charge in [0.25, 0.3) is 0 Å². The molecule has 3 rings (SSSR count). The molecule has 0 atom stereocenters. The van der Waals surface area contributed by atoms with E-state index in [0.717, 1.165) is 43.2 Å². The van der Waals surface area contributed by atoms with E-state index < -0.39 is 11.8 Å². The lowest BCUT2D eigenvalue weighted by atomic mass is 10.1. The lowest BCUT2D eigenvalue weighted by Gasteiger charge is -2.09. The number of benzene rings is 2. The number of hydrogen-bond donors (Lipinski definition) is 0. The summed E-state index contributed by atoms with van der Waals surface area (Å²) < 4.78 is 25.3. The first-order valence-corrected chi connectivity index (χ1v) is 12.2. The van der Waals surface area contributed by atoms with Crippen LogP contribution >= 0.6 is 0 Å². The standard InChI is InChI=1S/C28H33FN2O3/c1-3-5-7-8-10-21-19-30-27(31-20-21)22-11-13-23(14-12-22)34-28(32)25-16-15-24(18-26(25)29)33-17-9-6-4-2/h11-16,18-20H,3-10,17H2,1-2H3. The molecular weight excluding hydrogens is 431 g/mol. The van der Waals surface area contributed by atoms with Crippen LogP contribution in [0.3, 0.4) is 0 Å². The summed E-state index contributed by atoms with van der Waals surface area (Å²) in [7, 11) is 0. The van der Waals surface area contributed by atoms with Crippen LogP contribution in [0, 0.1) is 5.82 Å². The fourth-order valence-electron chi connectivity index (χ4n) is 3.52. The summed E-state index contributed by atoms with van der Waals surface area (Å²) in [6.07, 6.45) is 12.6. The van der Waals surface area contributed by atoms with Crippen LogP contribution in [0.1, 0.15) is 74.7 Å². The van der Waals surface area contributed by atoms with Crippen LogP contribution < -0.4 is 9.47 Å². The summed E-state index contributed by atoms with van der Waals surface area (Å²) in [5, 5.41) is 0. The first-order valence-electron chi connectivity index (χ1n) is 12.2. The minimum Gasteiger partial charge on any atom is -0.493 e. The van der Waals surface area contributed by atoms with E-state index in [1.54, 1.807) is 30.3 Å². The van der Waals surface area contributed by atoms with Gasteiger partial charge in [0.15, 0.2) is 5.82 Å². The number of rotatable bonds is 13. The van der Waals surface area contributed by atoms with Crippen molar-refractivity contribution in [2.75, 3.05) is 6.61 Å². The zero-order valence-corrected chi connectivity index (χ0v) is 20.1. The van der Waals surface area contributed by atoms with Crippen molar-refractivity contribution >= 4 is 5.97 Å². The number of hydrogen-bond acceptors (Lipinski definition) is 5. The van der Waals surface area contributed by atoms with Gasteiger partial charge in [0, 0.05) is 24.0 Å². The van der Waals surface area contributed by atoms with Gasteiger partial charge in [-0.1, -0.05) is 46.0 Å². The Hall–Kier alpha value is -3.28. The van der Waals surface area contributed by atoms with E-state index in [1.807, 2.05) is 12.4 Å². The van der Waals surface area contributed by atoms with E-state index >= 15 is 0 Å². The summed E-state index contributed by atoms with van der Waals surface area (Å²) in [5.41, 5.74) is 1.81. The van der Waals surface area contributed by atoms with Crippen molar-refractivity contribution in [1.29, 1.82) is 0 Å². The first-order chi connectivity index (χ1) is 16.6. The predicted molar refractivity (Wildman–Crippen MR) is 132 cm³/mol. The van der Waals surface area contributed by atoms with Crippen LogP contribution in [0.5, 0.6) is 11.5 Å². The van der Waals surface area contributed by atoms with Crippen molar-refractivity contribution in [2.24, 2.45) is 0 Å². The van der Waals surface area contributed by atoms with Gasteiger partial charge < -0.3 is 9.47 Å². The van der Waals surface area contributed by atoms with Crippen LogP contribution in [0.4, 0.5) is 4.39 Å². The molecule has 0 fully saturated rings. The van der Waals surface area contributed by atoms with Gasteiger partial charge in [-0.25, -0.2) is 19.2 Å². The van der Waals surface area contributed by atoms with E-state index in [1.165, 1.54) is 31.4 Å². The molecule has 6 heteroatoms. The maximum absolute atomic E-state index is 14.4. The molecule has 5 nitrogen and oxygen atoms in total. The van der Waals surface area contributed by atoms with Gasteiger partial charge in [0.05, 0.1) is 12.2 Å². The van der Waals surface area contributed by atoms with Crippen LogP contribution in [0.2, 0.25) is 0 Å². The van der Waals surface area contributed by atoms with Gasteiger partial charge in [-0.2, -0.15) is 0 Å². The van der Waals surface area contributed by atoms with Gasteiger partial charge in [0.1, 0.15) is 17.3 Å². The van der Waals surface area contributed by atoms with Crippen LogP contribution in [-0.2, 0) is 6.42 Å².